The van der Waals surface area contributed by atoms with E-state index in [0.717, 1.165) is 69.4 Å². The van der Waals surface area contributed by atoms with Gasteiger partial charge in [-0.05, 0) is 56.8 Å². The Balaban J connectivity index is 0.00000420. The predicted octanol–water partition coefficient (Wildman–Crippen LogP) is 3.00. The van der Waals surface area contributed by atoms with Gasteiger partial charge in [-0.3, -0.25) is 14.7 Å². The lowest BCUT2D eigenvalue weighted by molar-refractivity contribution is -0.133. The maximum atomic E-state index is 12.3. The third kappa shape index (κ3) is 9.09. The van der Waals surface area contributed by atoms with E-state index < -0.39 is 0 Å². The predicted molar refractivity (Wildman–Crippen MR) is 132 cm³/mol. The second-order valence-electron chi connectivity index (χ2n) is 7.34. The number of halogens is 2. The number of guanidine groups is 1. The number of likely N-dealkylation sites (tertiary alicyclic amines) is 1. The molecule has 1 atom stereocenters. The van der Waals surface area contributed by atoms with Crippen molar-refractivity contribution in [3.05, 3.63) is 34.9 Å². The van der Waals surface area contributed by atoms with Crippen LogP contribution in [-0.2, 0) is 11.2 Å². The number of amides is 1. The van der Waals surface area contributed by atoms with E-state index in [2.05, 4.69) is 39.6 Å². The summed E-state index contributed by atoms with van der Waals surface area (Å²) in [4.78, 5) is 20.9. The summed E-state index contributed by atoms with van der Waals surface area (Å²) in [6, 6.07) is 7.99. The molecule has 164 valence electrons. The third-order valence-corrected chi connectivity index (χ3v) is 5.18. The van der Waals surface area contributed by atoms with Crippen molar-refractivity contribution in [2.75, 3.05) is 46.8 Å². The molecule has 6 nitrogen and oxygen atoms in total. The van der Waals surface area contributed by atoms with Gasteiger partial charge in [-0.15, -0.1) is 24.0 Å². The van der Waals surface area contributed by atoms with E-state index in [9.17, 15) is 4.79 Å². The number of nitrogens with zero attached hydrogens (tertiary/aromatic N) is 3. The fraction of sp³-hybridized carbons (Fsp3) is 0.619. The first kappa shape index (κ1) is 26.0. The number of hydrogen-bond acceptors (Lipinski definition) is 3. The molecule has 1 saturated heterocycles. The highest BCUT2D eigenvalue weighted by molar-refractivity contribution is 14.0. The van der Waals surface area contributed by atoms with Gasteiger partial charge in [0.25, 0.3) is 0 Å². The number of rotatable bonds is 9. The van der Waals surface area contributed by atoms with Crippen LogP contribution in [0.4, 0.5) is 0 Å². The van der Waals surface area contributed by atoms with Crippen molar-refractivity contribution in [3.8, 4) is 0 Å². The van der Waals surface area contributed by atoms with Gasteiger partial charge >= 0.3 is 0 Å². The maximum absolute atomic E-state index is 12.3. The second kappa shape index (κ2) is 14.0. The summed E-state index contributed by atoms with van der Waals surface area (Å²) in [5.74, 6) is 1.07. The van der Waals surface area contributed by atoms with Gasteiger partial charge in [-0.2, -0.15) is 0 Å². The molecule has 8 heteroatoms. The highest BCUT2D eigenvalue weighted by Crippen LogP contribution is 2.18. The molecule has 0 saturated carbocycles. The number of likely N-dealkylation sites (N-methyl/N-ethyl adjacent to an activating group) is 1. The monoisotopic (exact) mass is 535 g/mol. The molecule has 0 bridgehead atoms. The van der Waals surface area contributed by atoms with Crippen molar-refractivity contribution in [1.82, 2.24) is 20.4 Å². The lowest BCUT2D eigenvalue weighted by Crippen LogP contribution is -2.43. The van der Waals surface area contributed by atoms with Crippen LogP contribution in [0.3, 0.4) is 0 Å². The highest BCUT2D eigenvalue weighted by atomic mass is 127. The molecule has 1 aliphatic rings. The molecule has 1 amide bonds. The Morgan fingerprint density at radius 1 is 1.28 bits per heavy atom. The first-order chi connectivity index (χ1) is 13.5. The molecule has 1 aliphatic heterocycles. The minimum atomic E-state index is 0. The van der Waals surface area contributed by atoms with Gasteiger partial charge in [0.15, 0.2) is 5.96 Å². The molecule has 1 aromatic carbocycles. The van der Waals surface area contributed by atoms with Gasteiger partial charge in [0.05, 0.1) is 6.04 Å². The molecule has 0 spiro atoms. The molecule has 0 radical (unpaired) electrons. The molecule has 1 unspecified atom stereocenters. The van der Waals surface area contributed by atoms with Crippen molar-refractivity contribution in [2.24, 2.45) is 4.99 Å². The molecular formula is C21H35ClIN5O. The first-order valence-corrected chi connectivity index (χ1v) is 10.6. The normalized spacial score (nSPS) is 17.0. The largest absolute Gasteiger partial charge is 0.357 e. The zero-order chi connectivity index (χ0) is 20.4. The van der Waals surface area contributed by atoms with E-state index in [1.54, 1.807) is 4.90 Å². The standard InChI is InChI=1S/C21H34ClN5O.HI/c1-4-23-21(25-14-12-17-8-10-18(22)11-9-17)24-13-6-16-27-15-5-7-19(27)20(28)26(2)3;/h8-11,19H,4-7,12-16H2,1-3H3,(H2,23,24,25);1H. The third-order valence-electron chi connectivity index (χ3n) is 4.93. The van der Waals surface area contributed by atoms with E-state index in [1.165, 1.54) is 5.56 Å². The maximum Gasteiger partial charge on any atom is 0.239 e. The Hall–Kier alpha value is -1.06. The van der Waals surface area contributed by atoms with E-state index in [4.69, 9.17) is 11.6 Å². The number of nitrogens with one attached hydrogen (secondary N) is 2. The number of aliphatic imine (C=N–C) groups is 1. The van der Waals surface area contributed by atoms with E-state index in [-0.39, 0.29) is 35.9 Å². The van der Waals surface area contributed by atoms with E-state index in [1.807, 2.05) is 26.2 Å². The zero-order valence-corrected chi connectivity index (χ0v) is 20.9. The van der Waals surface area contributed by atoms with Crippen molar-refractivity contribution >= 4 is 47.4 Å². The molecule has 1 heterocycles. The van der Waals surface area contributed by atoms with Crippen molar-refractivity contribution < 1.29 is 4.79 Å². The van der Waals surface area contributed by atoms with Gasteiger partial charge in [0, 0.05) is 45.3 Å². The SMILES string of the molecule is CCNC(=NCCCN1CCCC1C(=O)N(C)C)NCCc1ccc(Cl)cc1.I. The fourth-order valence-electron chi connectivity index (χ4n) is 3.45. The molecule has 0 aromatic heterocycles. The number of carbonyl (C=O) groups is 1. The lowest BCUT2D eigenvalue weighted by atomic mass is 10.1. The quantitative estimate of drug-likeness (QED) is 0.221. The second-order valence-corrected chi connectivity index (χ2v) is 7.78. The Labute approximate surface area is 197 Å². The van der Waals surface area contributed by atoms with Crippen LogP contribution in [0.25, 0.3) is 0 Å². The van der Waals surface area contributed by atoms with Crippen LogP contribution in [0.1, 0.15) is 31.7 Å². The van der Waals surface area contributed by atoms with Crippen LogP contribution in [0.15, 0.2) is 29.3 Å². The lowest BCUT2D eigenvalue weighted by Gasteiger charge is -2.25. The summed E-state index contributed by atoms with van der Waals surface area (Å²) in [5, 5.41) is 7.44. The molecule has 2 rings (SSSR count). The summed E-state index contributed by atoms with van der Waals surface area (Å²) < 4.78 is 0. The Bertz CT molecular complexity index is 638. The summed E-state index contributed by atoms with van der Waals surface area (Å²) >= 11 is 5.93. The van der Waals surface area contributed by atoms with Crippen LogP contribution in [0.5, 0.6) is 0 Å². The average Bonchev–Trinajstić information content (AvgIpc) is 3.14. The molecule has 0 aliphatic carbocycles. The molecule has 29 heavy (non-hydrogen) atoms. The van der Waals surface area contributed by atoms with Crippen molar-refractivity contribution in [2.45, 2.75) is 38.6 Å². The first-order valence-electron chi connectivity index (χ1n) is 10.2. The van der Waals surface area contributed by atoms with Crippen LogP contribution >= 0.6 is 35.6 Å². The van der Waals surface area contributed by atoms with E-state index >= 15 is 0 Å². The van der Waals surface area contributed by atoms with Crippen LogP contribution in [0.2, 0.25) is 5.02 Å². The van der Waals surface area contributed by atoms with Gasteiger partial charge in [-0.25, -0.2) is 0 Å². The highest BCUT2D eigenvalue weighted by Gasteiger charge is 2.30. The number of benzene rings is 1. The van der Waals surface area contributed by atoms with Crippen molar-refractivity contribution in [3.63, 3.8) is 0 Å². The van der Waals surface area contributed by atoms with Gasteiger partial charge in [0.2, 0.25) is 5.91 Å². The van der Waals surface area contributed by atoms with Crippen LogP contribution < -0.4 is 10.6 Å². The van der Waals surface area contributed by atoms with Gasteiger partial charge in [0.1, 0.15) is 0 Å². The summed E-state index contributed by atoms with van der Waals surface area (Å²) in [5.41, 5.74) is 1.25. The number of hydrogen-bond donors (Lipinski definition) is 2. The topological polar surface area (TPSA) is 60.0 Å². The average molecular weight is 536 g/mol. The Morgan fingerprint density at radius 2 is 2.00 bits per heavy atom. The molecule has 1 fully saturated rings. The minimum Gasteiger partial charge on any atom is -0.357 e. The minimum absolute atomic E-state index is 0. The van der Waals surface area contributed by atoms with Gasteiger partial charge < -0.3 is 15.5 Å². The van der Waals surface area contributed by atoms with Gasteiger partial charge in [-0.1, -0.05) is 23.7 Å². The Kier molecular flexibility index (Phi) is 12.6. The molecule has 1 aromatic rings. The van der Waals surface area contributed by atoms with Crippen LogP contribution in [-0.4, -0.2) is 74.5 Å². The summed E-state index contributed by atoms with van der Waals surface area (Å²) in [6.07, 6.45) is 3.94. The fourth-order valence-corrected chi connectivity index (χ4v) is 3.58. The van der Waals surface area contributed by atoms with E-state index in [0.29, 0.717) is 0 Å². The zero-order valence-electron chi connectivity index (χ0n) is 17.8. The van der Waals surface area contributed by atoms with Crippen LogP contribution in [0, 0.1) is 0 Å². The number of carbonyl (C=O) groups excluding carboxylic acids is 1. The van der Waals surface area contributed by atoms with Crippen molar-refractivity contribution in [1.29, 1.82) is 0 Å². The molecule has 2 N–H and O–H groups in total. The molecular weight excluding hydrogens is 501 g/mol. The smallest absolute Gasteiger partial charge is 0.239 e. The Morgan fingerprint density at radius 3 is 2.66 bits per heavy atom. The summed E-state index contributed by atoms with van der Waals surface area (Å²) in [6.45, 7) is 6.39. The summed E-state index contributed by atoms with van der Waals surface area (Å²) in [7, 11) is 3.67.